The van der Waals surface area contributed by atoms with Gasteiger partial charge in [-0.1, -0.05) is 36.4 Å². The Morgan fingerprint density at radius 1 is 1.12 bits per heavy atom. The number of fused-ring (bicyclic) bond motifs is 1. The summed E-state index contributed by atoms with van der Waals surface area (Å²) in [6, 6.07) is 14.2. The van der Waals surface area contributed by atoms with Crippen LogP contribution in [0.4, 0.5) is 0 Å². The van der Waals surface area contributed by atoms with Crippen LogP contribution in [0.3, 0.4) is 0 Å². The lowest BCUT2D eigenvalue weighted by atomic mass is 10.1. The molecule has 0 unspecified atom stereocenters. The van der Waals surface area contributed by atoms with Crippen LogP contribution in [0.1, 0.15) is 32.0 Å². The summed E-state index contributed by atoms with van der Waals surface area (Å²) in [6.45, 7) is 1.82. The van der Waals surface area contributed by atoms with Gasteiger partial charge in [-0.2, -0.15) is 5.10 Å². The average Bonchev–Trinajstić information content (AvgIpc) is 2.98. The summed E-state index contributed by atoms with van der Waals surface area (Å²) in [6.07, 6.45) is 1.39. The van der Waals surface area contributed by atoms with Gasteiger partial charge in [-0.05, 0) is 19.1 Å². The number of carbonyl (C=O) groups excluding carboxylic acids is 2. The van der Waals surface area contributed by atoms with Crippen molar-refractivity contribution in [3.63, 3.8) is 0 Å². The van der Waals surface area contributed by atoms with Crippen molar-refractivity contribution >= 4 is 29.1 Å². The zero-order chi connectivity index (χ0) is 17.8. The molecule has 6 heteroatoms. The lowest BCUT2D eigenvalue weighted by Gasteiger charge is -2.03. The molecule has 0 saturated heterocycles. The quantitative estimate of drug-likeness (QED) is 0.450. The van der Waals surface area contributed by atoms with Crippen molar-refractivity contribution < 1.29 is 18.7 Å². The summed E-state index contributed by atoms with van der Waals surface area (Å²) in [5.74, 6) is -0.721. The minimum atomic E-state index is -0.471. The fourth-order valence-electron chi connectivity index (χ4n) is 2.51. The number of nitrogens with zero attached hydrogens (tertiary/aromatic N) is 1. The second-order valence-electron chi connectivity index (χ2n) is 5.33. The van der Waals surface area contributed by atoms with Gasteiger partial charge in [0, 0.05) is 16.5 Å². The lowest BCUT2D eigenvalue weighted by Crippen LogP contribution is -2.18. The van der Waals surface area contributed by atoms with E-state index < -0.39 is 11.9 Å². The lowest BCUT2D eigenvalue weighted by molar-refractivity contribution is 0.0600. The van der Waals surface area contributed by atoms with Crippen LogP contribution in [-0.2, 0) is 4.74 Å². The molecule has 1 heterocycles. The Morgan fingerprint density at radius 3 is 2.60 bits per heavy atom. The standard InChI is InChI=1S/C19H16N2O4/c1-12-14-8-5-6-10-16(14)25-17(12)18(22)21-20-11-13-7-3-4-9-15(13)19(23)24-2/h3-11H,1-2H3,(H,21,22)/b20-11-. The number of para-hydroxylation sites is 1. The SMILES string of the molecule is COC(=O)c1ccccc1/C=N\NC(=O)c1oc2ccccc2c1C. The third kappa shape index (κ3) is 3.28. The van der Waals surface area contributed by atoms with E-state index in [-0.39, 0.29) is 5.76 Å². The number of hydrogen-bond donors (Lipinski definition) is 1. The second kappa shape index (κ2) is 7.00. The van der Waals surface area contributed by atoms with Crippen LogP contribution in [0.5, 0.6) is 0 Å². The molecular weight excluding hydrogens is 320 g/mol. The van der Waals surface area contributed by atoms with E-state index in [2.05, 4.69) is 10.5 Å². The maximum absolute atomic E-state index is 12.3. The van der Waals surface area contributed by atoms with Crippen molar-refractivity contribution in [1.82, 2.24) is 5.43 Å². The molecule has 0 radical (unpaired) electrons. The molecule has 0 fully saturated rings. The first-order valence-electron chi connectivity index (χ1n) is 7.60. The van der Waals surface area contributed by atoms with Gasteiger partial charge >= 0.3 is 11.9 Å². The molecule has 1 amide bonds. The van der Waals surface area contributed by atoms with E-state index in [4.69, 9.17) is 9.15 Å². The van der Waals surface area contributed by atoms with Crippen LogP contribution >= 0.6 is 0 Å². The van der Waals surface area contributed by atoms with E-state index >= 15 is 0 Å². The molecule has 25 heavy (non-hydrogen) atoms. The summed E-state index contributed by atoms with van der Waals surface area (Å²) in [7, 11) is 1.31. The van der Waals surface area contributed by atoms with Gasteiger partial charge in [0.15, 0.2) is 5.76 Å². The second-order valence-corrected chi connectivity index (χ2v) is 5.33. The predicted octanol–water partition coefficient (Wildman–Crippen LogP) is 3.29. The Kier molecular flexibility index (Phi) is 4.61. The zero-order valence-electron chi connectivity index (χ0n) is 13.8. The van der Waals surface area contributed by atoms with E-state index in [1.807, 2.05) is 25.1 Å². The van der Waals surface area contributed by atoms with Crippen LogP contribution in [0.25, 0.3) is 11.0 Å². The third-order valence-corrected chi connectivity index (χ3v) is 3.79. The Morgan fingerprint density at radius 2 is 1.84 bits per heavy atom. The van der Waals surface area contributed by atoms with Crippen LogP contribution in [0.15, 0.2) is 58.0 Å². The first kappa shape index (κ1) is 16.4. The van der Waals surface area contributed by atoms with Crippen molar-refractivity contribution in [2.24, 2.45) is 5.10 Å². The average molecular weight is 336 g/mol. The van der Waals surface area contributed by atoms with Crippen molar-refractivity contribution in [2.75, 3.05) is 7.11 Å². The summed E-state index contributed by atoms with van der Waals surface area (Å²) in [5, 5.41) is 4.80. The molecule has 0 aliphatic carbocycles. The Bertz CT molecular complexity index is 972. The molecule has 3 rings (SSSR count). The number of hydrazone groups is 1. The number of furan rings is 1. The molecule has 0 saturated carbocycles. The molecule has 0 spiro atoms. The van der Waals surface area contributed by atoms with Gasteiger partial charge in [-0.3, -0.25) is 4.79 Å². The molecule has 2 aromatic carbocycles. The predicted molar refractivity (Wildman–Crippen MR) is 93.8 cm³/mol. The highest BCUT2D eigenvalue weighted by atomic mass is 16.5. The molecule has 0 atom stereocenters. The first-order chi connectivity index (χ1) is 12.1. The van der Waals surface area contributed by atoms with Gasteiger partial charge in [-0.15, -0.1) is 0 Å². The number of carbonyl (C=O) groups is 2. The fraction of sp³-hybridized carbons (Fsp3) is 0.105. The highest BCUT2D eigenvalue weighted by molar-refractivity contribution is 6.01. The van der Waals surface area contributed by atoms with Crippen LogP contribution in [0, 0.1) is 6.92 Å². The summed E-state index contributed by atoms with van der Waals surface area (Å²) < 4.78 is 10.3. The highest BCUT2D eigenvalue weighted by Crippen LogP contribution is 2.24. The number of ether oxygens (including phenoxy) is 1. The van der Waals surface area contributed by atoms with Crippen molar-refractivity contribution in [2.45, 2.75) is 6.92 Å². The third-order valence-electron chi connectivity index (χ3n) is 3.79. The van der Waals surface area contributed by atoms with Gasteiger partial charge in [0.05, 0.1) is 18.9 Å². The summed E-state index contributed by atoms with van der Waals surface area (Å²) in [5.41, 5.74) is 4.71. The number of rotatable bonds is 4. The van der Waals surface area contributed by atoms with Crippen molar-refractivity contribution in [3.8, 4) is 0 Å². The van der Waals surface area contributed by atoms with Crippen LogP contribution < -0.4 is 5.43 Å². The Labute approximate surface area is 144 Å². The number of aryl methyl sites for hydroxylation is 1. The number of esters is 1. The van der Waals surface area contributed by atoms with Gasteiger partial charge < -0.3 is 9.15 Å². The van der Waals surface area contributed by atoms with Crippen LogP contribution in [0.2, 0.25) is 0 Å². The van der Waals surface area contributed by atoms with Crippen molar-refractivity contribution in [3.05, 3.63) is 71.0 Å². The van der Waals surface area contributed by atoms with E-state index in [0.717, 1.165) is 10.9 Å². The fourth-order valence-corrected chi connectivity index (χ4v) is 2.51. The first-order valence-corrected chi connectivity index (χ1v) is 7.60. The van der Waals surface area contributed by atoms with Gasteiger partial charge in [0.2, 0.25) is 0 Å². The van der Waals surface area contributed by atoms with E-state index in [1.54, 1.807) is 30.3 Å². The molecule has 1 N–H and O–H groups in total. The molecule has 3 aromatic rings. The minimum absolute atomic E-state index is 0.208. The summed E-state index contributed by atoms with van der Waals surface area (Å²) >= 11 is 0. The zero-order valence-corrected chi connectivity index (χ0v) is 13.8. The number of nitrogens with one attached hydrogen (secondary N) is 1. The Balaban J connectivity index is 1.79. The topological polar surface area (TPSA) is 80.9 Å². The molecule has 1 aromatic heterocycles. The van der Waals surface area contributed by atoms with Crippen molar-refractivity contribution in [1.29, 1.82) is 0 Å². The largest absolute Gasteiger partial charge is 0.465 e. The smallest absolute Gasteiger partial charge is 0.338 e. The van der Waals surface area contributed by atoms with E-state index in [9.17, 15) is 9.59 Å². The molecular formula is C19H16N2O4. The highest BCUT2D eigenvalue weighted by Gasteiger charge is 2.17. The summed E-state index contributed by atoms with van der Waals surface area (Å²) in [4.78, 5) is 24.0. The van der Waals surface area contributed by atoms with Gasteiger partial charge in [0.1, 0.15) is 5.58 Å². The van der Waals surface area contributed by atoms with E-state index in [0.29, 0.717) is 16.7 Å². The normalized spacial score (nSPS) is 11.0. The molecule has 0 aliphatic rings. The number of methoxy groups -OCH3 is 1. The minimum Gasteiger partial charge on any atom is -0.465 e. The maximum Gasteiger partial charge on any atom is 0.338 e. The molecule has 0 bridgehead atoms. The van der Waals surface area contributed by atoms with Crippen LogP contribution in [-0.4, -0.2) is 25.2 Å². The van der Waals surface area contributed by atoms with Gasteiger partial charge in [-0.25, -0.2) is 10.2 Å². The Hall–Kier alpha value is -3.41. The maximum atomic E-state index is 12.3. The number of benzene rings is 2. The molecule has 0 aliphatic heterocycles. The van der Waals surface area contributed by atoms with Gasteiger partial charge in [0.25, 0.3) is 0 Å². The number of hydrogen-bond acceptors (Lipinski definition) is 5. The molecule has 6 nitrogen and oxygen atoms in total. The number of amides is 1. The molecule has 126 valence electrons. The van der Waals surface area contributed by atoms with E-state index in [1.165, 1.54) is 13.3 Å². The monoisotopic (exact) mass is 336 g/mol.